The van der Waals surface area contributed by atoms with Gasteiger partial charge in [-0.1, -0.05) is 39.0 Å². The van der Waals surface area contributed by atoms with Crippen molar-refractivity contribution in [3.63, 3.8) is 0 Å². The summed E-state index contributed by atoms with van der Waals surface area (Å²) in [4.78, 5) is 41.4. The van der Waals surface area contributed by atoms with Gasteiger partial charge in [0.05, 0.1) is 6.10 Å². The molecule has 5 rings (SSSR count). The third kappa shape index (κ3) is 3.81. The van der Waals surface area contributed by atoms with Crippen LogP contribution in [0.1, 0.15) is 51.5 Å². The number of H-pyrrole nitrogens is 1. The first-order chi connectivity index (χ1) is 18.0. The molecule has 2 aliphatic carbocycles. The van der Waals surface area contributed by atoms with Gasteiger partial charge in [-0.15, -0.1) is 0 Å². The molecule has 1 saturated heterocycles. The van der Waals surface area contributed by atoms with Crippen LogP contribution in [0.2, 0.25) is 0 Å². The van der Waals surface area contributed by atoms with Crippen molar-refractivity contribution < 1.29 is 38.4 Å². The number of aromatic nitrogens is 1. The van der Waals surface area contributed by atoms with E-state index in [4.69, 9.17) is 18.9 Å². The van der Waals surface area contributed by atoms with Crippen molar-refractivity contribution in [1.29, 1.82) is 0 Å². The molecule has 206 valence electrons. The van der Waals surface area contributed by atoms with Crippen LogP contribution in [0.25, 0.3) is 0 Å². The maximum Gasteiger partial charge on any atom is 0.355 e. The summed E-state index contributed by atoms with van der Waals surface area (Å²) in [5.41, 5.74) is -0.472. The molecule has 9 nitrogen and oxygen atoms in total. The van der Waals surface area contributed by atoms with Crippen LogP contribution < -0.4 is 0 Å². The fraction of sp³-hybridized carbons (Fsp3) is 0.621. The Bertz CT molecular complexity index is 1170. The Balaban J connectivity index is 1.62. The molecule has 38 heavy (non-hydrogen) atoms. The van der Waals surface area contributed by atoms with Gasteiger partial charge in [0.25, 0.3) is 0 Å². The molecule has 0 amide bonds. The molecule has 0 aromatic carbocycles. The second-order valence-electron chi connectivity index (χ2n) is 11.6. The number of cyclic esters (lactones) is 1. The molecule has 9 heteroatoms. The van der Waals surface area contributed by atoms with Crippen molar-refractivity contribution in [2.24, 2.45) is 29.1 Å². The number of ketones is 1. The van der Waals surface area contributed by atoms with E-state index in [1.54, 1.807) is 18.3 Å². The predicted molar refractivity (Wildman–Crippen MR) is 136 cm³/mol. The summed E-state index contributed by atoms with van der Waals surface area (Å²) in [5.74, 6) is -2.92. The number of methoxy groups -OCH3 is 1. The lowest BCUT2D eigenvalue weighted by Gasteiger charge is -2.52. The molecule has 2 N–H and O–H groups in total. The van der Waals surface area contributed by atoms with Gasteiger partial charge >= 0.3 is 11.9 Å². The quantitative estimate of drug-likeness (QED) is 0.452. The van der Waals surface area contributed by atoms with Gasteiger partial charge in [0.1, 0.15) is 23.5 Å². The van der Waals surface area contributed by atoms with E-state index in [0.29, 0.717) is 5.69 Å². The summed E-state index contributed by atoms with van der Waals surface area (Å²) in [6.07, 6.45) is 3.89. The summed E-state index contributed by atoms with van der Waals surface area (Å²) >= 11 is 0. The normalized spacial score (nSPS) is 45.4. The standard InChI is InChI=1S/C29H37NO8/c1-14-12-15(2)29-18(13-20(35-6)27(34)36-22(14)17(4)31)9-10-28(5)24(29)21(32)16(3)23(25(28)38-29)37-26(33)19-8-7-11-30-19/h7-12,14,16,18,20-25,30,32H,13H2,1-6H3/b15-12+/t14-,16-,18?,20+,21-,22+,23-,24-,25+,28-,29+/m1/s1. The zero-order chi connectivity index (χ0) is 27.6. The number of nitrogens with one attached hydrogen (secondary N) is 1. The lowest BCUT2D eigenvalue weighted by molar-refractivity contribution is -0.169. The third-order valence-corrected chi connectivity index (χ3v) is 9.33. The van der Waals surface area contributed by atoms with Gasteiger partial charge in [-0.25, -0.2) is 9.59 Å². The SMILES string of the molecule is CO[C@H]1CC2C=C[C@]3(C)[C@H]4[C@H](O)[C@@H](C)[C@@H](OC(=O)c5ccc[nH]5)[C@@H]3O[C@@]24/C(C)=C/[C@@H](C)[C@@H](C(C)=O)OC1=O. The number of Topliss-reactive ketones (excluding diaryl/α,β-unsaturated/α-hetero) is 1. The summed E-state index contributed by atoms with van der Waals surface area (Å²) < 4.78 is 24.2. The summed E-state index contributed by atoms with van der Waals surface area (Å²) in [7, 11) is 1.44. The molecule has 2 aliphatic heterocycles. The van der Waals surface area contributed by atoms with Gasteiger partial charge in [0, 0.05) is 42.4 Å². The molecular weight excluding hydrogens is 490 g/mol. The van der Waals surface area contributed by atoms with Crippen LogP contribution in [-0.4, -0.2) is 71.0 Å². The lowest BCUT2D eigenvalue weighted by atomic mass is 9.51. The fourth-order valence-electron chi connectivity index (χ4n) is 7.44. The number of carbonyl (C=O) groups excluding carboxylic acids is 3. The highest BCUT2D eigenvalue weighted by atomic mass is 16.6. The minimum absolute atomic E-state index is 0.239. The molecule has 0 radical (unpaired) electrons. The zero-order valence-corrected chi connectivity index (χ0v) is 22.7. The molecule has 1 aromatic rings. The Hall–Kier alpha value is -2.75. The minimum Gasteiger partial charge on any atom is -0.455 e. The van der Waals surface area contributed by atoms with Crippen molar-refractivity contribution in [3.8, 4) is 0 Å². The summed E-state index contributed by atoms with van der Waals surface area (Å²) in [6.45, 7) is 9.09. The Morgan fingerprint density at radius 1 is 1.26 bits per heavy atom. The Kier molecular flexibility index (Phi) is 6.69. The van der Waals surface area contributed by atoms with E-state index < -0.39 is 65.3 Å². The van der Waals surface area contributed by atoms with Crippen LogP contribution in [0, 0.1) is 29.1 Å². The van der Waals surface area contributed by atoms with E-state index >= 15 is 0 Å². The van der Waals surface area contributed by atoms with Gasteiger partial charge in [0.15, 0.2) is 18.0 Å². The Morgan fingerprint density at radius 2 is 2.00 bits per heavy atom. The number of hydrogen-bond acceptors (Lipinski definition) is 8. The second kappa shape index (κ2) is 9.47. The van der Waals surface area contributed by atoms with Crippen LogP contribution in [0.3, 0.4) is 0 Å². The molecule has 4 bridgehead atoms. The molecule has 1 aromatic heterocycles. The van der Waals surface area contributed by atoms with Crippen LogP contribution in [0.15, 0.2) is 42.1 Å². The predicted octanol–water partition coefficient (Wildman–Crippen LogP) is 3.00. The first-order valence-electron chi connectivity index (χ1n) is 13.3. The molecule has 1 spiro atoms. The molecule has 2 fully saturated rings. The number of ether oxygens (including phenoxy) is 4. The van der Waals surface area contributed by atoms with Crippen molar-refractivity contribution in [2.45, 2.75) is 77.2 Å². The maximum atomic E-state index is 13.1. The minimum atomic E-state index is -1.00. The lowest BCUT2D eigenvalue weighted by Crippen LogP contribution is -2.61. The highest BCUT2D eigenvalue weighted by Gasteiger charge is 2.73. The van der Waals surface area contributed by atoms with Gasteiger partial charge in [-0.2, -0.15) is 0 Å². The topological polar surface area (TPSA) is 124 Å². The number of aromatic amines is 1. The average Bonchev–Trinajstić information content (AvgIpc) is 3.45. The van der Waals surface area contributed by atoms with E-state index in [1.807, 2.05) is 45.9 Å². The van der Waals surface area contributed by atoms with E-state index in [1.165, 1.54) is 14.0 Å². The largest absolute Gasteiger partial charge is 0.455 e. The first kappa shape index (κ1) is 26.8. The van der Waals surface area contributed by atoms with Crippen molar-refractivity contribution in [3.05, 3.63) is 47.8 Å². The molecule has 11 atom stereocenters. The molecular formula is C29H37NO8. The number of hydrogen-bond donors (Lipinski definition) is 2. The van der Waals surface area contributed by atoms with E-state index in [-0.39, 0.29) is 24.0 Å². The van der Waals surface area contributed by atoms with Gasteiger partial charge < -0.3 is 29.0 Å². The smallest absolute Gasteiger partial charge is 0.355 e. The summed E-state index contributed by atoms with van der Waals surface area (Å²) in [5, 5.41) is 11.9. The number of esters is 2. The third-order valence-electron chi connectivity index (χ3n) is 9.33. The molecule has 3 heterocycles. The second-order valence-corrected chi connectivity index (χ2v) is 11.6. The van der Waals surface area contributed by atoms with Crippen LogP contribution in [0.5, 0.6) is 0 Å². The molecule has 1 saturated carbocycles. The number of aliphatic hydroxyl groups is 1. The van der Waals surface area contributed by atoms with E-state index in [0.717, 1.165) is 5.57 Å². The average molecular weight is 528 g/mol. The highest BCUT2D eigenvalue weighted by Crippen LogP contribution is 2.66. The molecule has 1 unspecified atom stereocenters. The maximum absolute atomic E-state index is 13.1. The fourth-order valence-corrected chi connectivity index (χ4v) is 7.44. The number of rotatable bonds is 4. The van der Waals surface area contributed by atoms with Crippen molar-refractivity contribution in [1.82, 2.24) is 4.98 Å². The van der Waals surface area contributed by atoms with Crippen LogP contribution >= 0.6 is 0 Å². The zero-order valence-electron chi connectivity index (χ0n) is 22.7. The van der Waals surface area contributed by atoms with Crippen LogP contribution in [0.4, 0.5) is 0 Å². The number of carbonyl (C=O) groups is 3. The van der Waals surface area contributed by atoms with Gasteiger partial charge in [-0.05, 0) is 38.0 Å². The van der Waals surface area contributed by atoms with E-state index in [2.05, 4.69) is 4.98 Å². The van der Waals surface area contributed by atoms with Gasteiger partial charge in [0.2, 0.25) is 0 Å². The monoisotopic (exact) mass is 527 g/mol. The van der Waals surface area contributed by atoms with Crippen LogP contribution in [-0.2, 0) is 28.5 Å². The Morgan fingerprint density at radius 3 is 2.63 bits per heavy atom. The van der Waals surface area contributed by atoms with Gasteiger partial charge in [-0.3, -0.25) is 4.79 Å². The molecule has 4 aliphatic rings. The Labute approximate surface area is 222 Å². The number of aliphatic hydroxyl groups excluding tert-OH is 1. The van der Waals surface area contributed by atoms with E-state index in [9.17, 15) is 19.5 Å². The first-order valence-corrected chi connectivity index (χ1v) is 13.3. The summed E-state index contributed by atoms with van der Waals surface area (Å²) in [6, 6.07) is 3.36. The van der Waals surface area contributed by atoms with Crippen molar-refractivity contribution >= 4 is 17.7 Å². The highest BCUT2D eigenvalue weighted by molar-refractivity contribution is 5.87. The van der Waals surface area contributed by atoms with Crippen molar-refractivity contribution in [2.75, 3.05) is 7.11 Å².